The molecule has 70 valence electrons. The largest absolute Gasteiger partial charge is 0.480 e. The standard InChI is InChI=1S/C10H13NO2/c1-6-4-3-5-8(7(6)2)9(11)10(12)13/h3-5,9H,11H2,1-2H3,(H,12,13). The van der Waals surface area contributed by atoms with Crippen LogP contribution in [0.5, 0.6) is 0 Å². The van der Waals surface area contributed by atoms with Gasteiger partial charge in [0.15, 0.2) is 0 Å². The quantitative estimate of drug-likeness (QED) is 0.721. The zero-order chi connectivity index (χ0) is 10.0. The van der Waals surface area contributed by atoms with Crippen LogP contribution in [0.2, 0.25) is 0 Å². The average Bonchev–Trinajstić information content (AvgIpc) is 2.08. The number of rotatable bonds is 2. The summed E-state index contributed by atoms with van der Waals surface area (Å²) < 4.78 is 0. The summed E-state index contributed by atoms with van der Waals surface area (Å²) in [4.78, 5) is 10.6. The first kappa shape index (κ1) is 9.74. The number of aryl methyl sites for hydroxylation is 1. The fourth-order valence-electron chi connectivity index (χ4n) is 1.24. The monoisotopic (exact) mass is 179 g/mol. The van der Waals surface area contributed by atoms with Crippen molar-refractivity contribution < 1.29 is 9.90 Å². The number of benzene rings is 1. The number of carbonyl (C=O) groups is 1. The average molecular weight is 179 g/mol. The van der Waals surface area contributed by atoms with Crippen LogP contribution in [0, 0.1) is 13.8 Å². The van der Waals surface area contributed by atoms with Gasteiger partial charge in [0, 0.05) is 0 Å². The van der Waals surface area contributed by atoms with E-state index in [2.05, 4.69) is 0 Å². The van der Waals surface area contributed by atoms with Crippen molar-refractivity contribution in [1.29, 1.82) is 0 Å². The number of nitrogens with two attached hydrogens (primary N) is 1. The predicted molar refractivity (Wildman–Crippen MR) is 50.5 cm³/mol. The first-order valence-electron chi connectivity index (χ1n) is 4.08. The van der Waals surface area contributed by atoms with E-state index in [4.69, 9.17) is 10.8 Å². The minimum atomic E-state index is -0.992. The van der Waals surface area contributed by atoms with E-state index in [9.17, 15) is 4.79 Å². The van der Waals surface area contributed by atoms with E-state index in [1.165, 1.54) is 0 Å². The highest BCUT2D eigenvalue weighted by Crippen LogP contribution is 2.18. The molecule has 0 spiro atoms. The molecule has 0 aliphatic rings. The molecule has 3 N–H and O–H groups in total. The second-order valence-electron chi connectivity index (χ2n) is 3.11. The zero-order valence-corrected chi connectivity index (χ0v) is 7.74. The van der Waals surface area contributed by atoms with Crippen molar-refractivity contribution in [2.75, 3.05) is 0 Å². The van der Waals surface area contributed by atoms with E-state index in [0.717, 1.165) is 11.1 Å². The van der Waals surface area contributed by atoms with Gasteiger partial charge in [-0.15, -0.1) is 0 Å². The second kappa shape index (κ2) is 3.58. The molecule has 0 aromatic heterocycles. The van der Waals surface area contributed by atoms with Gasteiger partial charge in [-0.2, -0.15) is 0 Å². The summed E-state index contributed by atoms with van der Waals surface area (Å²) in [5, 5.41) is 8.73. The summed E-state index contributed by atoms with van der Waals surface area (Å²) in [6.45, 7) is 3.82. The molecule has 0 radical (unpaired) electrons. The van der Waals surface area contributed by atoms with Gasteiger partial charge >= 0.3 is 5.97 Å². The molecule has 0 amide bonds. The van der Waals surface area contributed by atoms with Gasteiger partial charge in [0.05, 0.1) is 0 Å². The highest BCUT2D eigenvalue weighted by Gasteiger charge is 2.16. The number of hydrogen-bond donors (Lipinski definition) is 2. The van der Waals surface area contributed by atoms with Crippen LogP contribution in [0.15, 0.2) is 18.2 Å². The molecule has 1 aromatic rings. The Morgan fingerprint density at radius 2 is 2.08 bits per heavy atom. The summed E-state index contributed by atoms with van der Waals surface area (Å²) in [5.41, 5.74) is 8.22. The molecule has 1 atom stereocenters. The van der Waals surface area contributed by atoms with E-state index in [-0.39, 0.29) is 0 Å². The second-order valence-corrected chi connectivity index (χ2v) is 3.11. The molecular formula is C10H13NO2. The van der Waals surface area contributed by atoms with Crippen LogP contribution in [0.3, 0.4) is 0 Å². The third-order valence-electron chi connectivity index (χ3n) is 2.25. The Morgan fingerprint density at radius 3 is 2.62 bits per heavy atom. The minimum Gasteiger partial charge on any atom is -0.480 e. The third kappa shape index (κ3) is 1.87. The third-order valence-corrected chi connectivity index (χ3v) is 2.25. The lowest BCUT2D eigenvalue weighted by Gasteiger charge is -2.11. The maximum Gasteiger partial charge on any atom is 0.325 e. The molecule has 0 aliphatic carbocycles. The Kier molecular flexibility index (Phi) is 2.68. The molecule has 1 unspecified atom stereocenters. The fraction of sp³-hybridized carbons (Fsp3) is 0.300. The Hall–Kier alpha value is -1.35. The summed E-state index contributed by atoms with van der Waals surface area (Å²) in [6, 6.07) is 4.59. The predicted octanol–water partition coefficient (Wildman–Crippen LogP) is 1.39. The van der Waals surface area contributed by atoms with Gasteiger partial charge in [-0.05, 0) is 30.5 Å². The molecule has 0 aliphatic heterocycles. The molecule has 0 saturated heterocycles. The lowest BCUT2D eigenvalue weighted by atomic mass is 9.98. The van der Waals surface area contributed by atoms with Crippen molar-refractivity contribution in [3.63, 3.8) is 0 Å². The number of aliphatic carboxylic acids is 1. The lowest BCUT2D eigenvalue weighted by Crippen LogP contribution is -2.21. The van der Waals surface area contributed by atoms with Gasteiger partial charge < -0.3 is 10.8 Å². The summed E-state index contributed by atoms with van der Waals surface area (Å²) in [6.07, 6.45) is 0. The normalized spacial score (nSPS) is 12.5. The first-order valence-corrected chi connectivity index (χ1v) is 4.08. The molecular weight excluding hydrogens is 166 g/mol. The fourth-order valence-corrected chi connectivity index (χ4v) is 1.24. The van der Waals surface area contributed by atoms with Crippen molar-refractivity contribution in [2.45, 2.75) is 19.9 Å². The molecule has 3 nitrogen and oxygen atoms in total. The maximum absolute atomic E-state index is 10.6. The van der Waals surface area contributed by atoms with Crippen LogP contribution in [-0.2, 0) is 4.79 Å². The smallest absolute Gasteiger partial charge is 0.325 e. The van der Waals surface area contributed by atoms with Crippen molar-refractivity contribution >= 4 is 5.97 Å². The molecule has 3 heteroatoms. The summed E-state index contributed by atoms with van der Waals surface area (Å²) >= 11 is 0. The molecule has 1 rings (SSSR count). The number of hydrogen-bond acceptors (Lipinski definition) is 2. The molecule has 0 fully saturated rings. The Balaban J connectivity index is 3.15. The van der Waals surface area contributed by atoms with Crippen LogP contribution in [0.1, 0.15) is 22.7 Å². The summed E-state index contributed by atoms with van der Waals surface area (Å²) in [7, 11) is 0. The van der Waals surface area contributed by atoms with E-state index in [1.54, 1.807) is 6.07 Å². The van der Waals surface area contributed by atoms with E-state index < -0.39 is 12.0 Å². The summed E-state index contributed by atoms with van der Waals surface area (Å²) in [5.74, 6) is -0.992. The Bertz CT molecular complexity index is 334. The first-order chi connectivity index (χ1) is 6.04. The van der Waals surface area contributed by atoms with Crippen LogP contribution in [0.25, 0.3) is 0 Å². The Morgan fingerprint density at radius 1 is 1.46 bits per heavy atom. The topological polar surface area (TPSA) is 63.3 Å². The molecule has 1 aromatic carbocycles. The van der Waals surface area contributed by atoms with E-state index in [0.29, 0.717) is 5.56 Å². The highest BCUT2D eigenvalue weighted by atomic mass is 16.4. The van der Waals surface area contributed by atoms with Crippen molar-refractivity contribution in [3.8, 4) is 0 Å². The van der Waals surface area contributed by atoms with Gasteiger partial charge in [-0.3, -0.25) is 4.79 Å². The van der Waals surface area contributed by atoms with Crippen molar-refractivity contribution in [3.05, 3.63) is 34.9 Å². The van der Waals surface area contributed by atoms with Gasteiger partial charge in [0.2, 0.25) is 0 Å². The van der Waals surface area contributed by atoms with Gasteiger partial charge in [0.1, 0.15) is 6.04 Å². The maximum atomic E-state index is 10.6. The van der Waals surface area contributed by atoms with Gasteiger partial charge in [0.25, 0.3) is 0 Å². The highest BCUT2D eigenvalue weighted by molar-refractivity contribution is 5.75. The SMILES string of the molecule is Cc1cccc(C(N)C(=O)O)c1C. The van der Waals surface area contributed by atoms with E-state index >= 15 is 0 Å². The minimum absolute atomic E-state index is 0.688. The van der Waals surface area contributed by atoms with E-state index in [1.807, 2.05) is 26.0 Å². The van der Waals surface area contributed by atoms with Crippen molar-refractivity contribution in [2.24, 2.45) is 5.73 Å². The Labute approximate surface area is 77.2 Å². The molecule has 0 bridgehead atoms. The molecule has 0 heterocycles. The zero-order valence-electron chi connectivity index (χ0n) is 7.74. The van der Waals surface area contributed by atoms with Gasteiger partial charge in [-0.1, -0.05) is 18.2 Å². The van der Waals surface area contributed by atoms with Crippen LogP contribution in [-0.4, -0.2) is 11.1 Å². The number of carboxylic acids is 1. The molecule has 13 heavy (non-hydrogen) atoms. The van der Waals surface area contributed by atoms with Crippen LogP contribution in [0.4, 0.5) is 0 Å². The van der Waals surface area contributed by atoms with Crippen molar-refractivity contribution in [1.82, 2.24) is 0 Å². The number of carboxylic acid groups (broad SMARTS) is 1. The van der Waals surface area contributed by atoms with Gasteiger partial charge in [-0.25, -0.2) is 0 Å². The van der Waals surface area contributed by atoms with Crippen LogP contribution >= 0.6 is 0 Å². The van der Waals surface area contributed by atoms with Crippen LogP contribution < -0.4 is 5.73 Å². The molecule has 0 saturated carbocycles. The lowest BCUT2D eigenvalue weighted by molar-refractivity contribution is -0.138.